The molecule has 2 aromatic rings. The SMILES string of the molecule is [C-]#[N+]/C=C/c1cccc(-c2ccc(O)c3c2C[C@H]2C[C@H]4[C@H](N(C)C)C(O)=C(C(N)=O)C(=O)[C@@]4(O)C(O)=C2C3=O)c1. The van der Waals surface area contributed by atoms with Gasteiger partial charge < -0.3 is 26.2 Å². The Morgan fingerprint density at radius 2 is 1.90 bits per heavy atom. The molecule has 0 saturated heterocycles. The summed E-state index contributed by atoms with van der Waals surface area (Å²) in [5, 5.41) is 44.8. The predicted molar refractivity (Wildman–Crippen MR) is 145 cm³/mol. The molecule has 6 N–H and O–H groups in total. The van der Waals surface area contributed by atoms with Crippen LogP contribution in [0.4, 0.5) is 0 Å². The molecule has 4 atom stereocenters. The second-order valence-corrected chi connectivity index (χ2v) is 10.5. The predicted octanol–water partition coefficient (Wildman–Crippen LogP) is 2.68. The van der Waals surface area contributed by atoms with E-state index in [1.54, 1.807) is 26.2 Å². The number of aliphatic hydroxyl groups excluding tert-OH is 2. The summed E-state index contributed by atoms with van der Waals surface area (Å²) in [5.74, 6) is -6.88. The van der Waals surface area contributed by atoms with E-state index < -0.39 is 58.0 Å². The number of carbonyl (C=O) groups is 3. The molecule has 10 heteroatoms. The molecule has 10 nitrogen and oxygen atoms in total. The van der Waals surface area contributed by atoms with Gasteiger partial charge in [0, 0.05) is 11.5 Å². The maximum Gasteiger partial charge on any atom is 0.255 e. The number of hydrogen-bond acceptors (Lipinski definition) is 8. The summed E-state index contributed by atoms with van der Waals surface area (Å²) in [6.07, 6.45) is 3.17. The minimum atomic E-state index is -2.68. The molecule has 0 saturated carbocycles. The van der Waals surface area contributed by atoms with Crippen LogP contribution in [0.2, 0.25) is 0 Å². The van der Waals surface area contributed by atoms with Crippen LogP contribution in [-0.2, 0) is 16.0 Å². The van der Waals surface area contributed by atoms with Gasteiger partial charge in [0.15, 0.2) is 17.6 Å². The lowest BCUT2D eigenvalue weighted by Gasteiger charge is -2.50. The Bertz CT molecular complexity index is 1630. The number of primary amides is 1. The summed E-state index contributed by atoms with van der Waals surface area (Å²) in [6, 6.07) is 9.31. The van der Waals surface area contributed by atoms with Crippen LogP contribution in [0.1, 0.15) is 27.9 Å². The van der Waals surface area contributed by atoms with Crippen LogP contribution < -0.4 is 5.73 Å². The van der Waals surface area contributed by atoms with E-state index in [9.17, 15) is 34.8 Å². The molecule has 0 fully saturated rings. The van der Waals surface area contributed by atoms with Gasteiger partial charge in [-0.1, -0.05) is 30.3 Å². The van der Waals surface area contributed by atoms with Gasteiger partial charge in [-0.3, -0.25) is 19.3 Å². The number of aromatic hydroxyl groups is 1. The fourth-order valence-corrected chi connectivity index (χ4v) is 6.45. The highest BCUT2D eigenvalue weighted by Gasteiger charge is 2.63. The third-order valence-electron chi connectivity index (χ3n) is 8.15. The minimum absolute atomic E-state index is 0.00857. The van der Waals surface area contributed by atoms with E-state index in [-0.39, 0.29) is 29.7 Å². The molecule has 0 radical (unpaired) electrons. The first-order valence-corrected chi connectivity index (χ1v) is 12.6. The number of nitrogens with two attached hydrogens (primary N) is 1. The van der Waals surface area contributed by atoms with Crippen molar-refractivity contribution in [2.24, 2.45) is 17.6 Å². The number of carbonyl (C=O) groups excluding carboxylic acids is 3. The normalized spacial score (nSPS) is 26.0. The standard InChI is InChI=1S/C30H27N3O7/c1-32-10-9-14-5-4-6-15(11-14)17-7-8-20(34)22-18(17)12-16-13-19-24(33(2)3)26(36)23(29(31)39)28(38)30(19,40)27(37)21(16)25(22)35/h4-11,16,19,24,34,36-37,40H,12-13H2,2-3H3,(H2,31,39)/b10-9+/t16-,19-,24-,30-/m0/s1. The minimum Gasteiger partial charge on any atom is -0.510 e. The highest BCUT2D eigenvalue weighted by molar-refractivity contribution is 6.24. The zero-order chi connectivity index (χ0) is 29.1. The number of ketones is 2. The van der Waals surface area contributed by atoms with Gasteiger partial charge in [-0.15, -0.1) is 0 Å². The van der Waals surface area contributed by atoms with Crippen LogP contribution in [-0.4, -0.2) is 68.5 Å². The largest absolute Gasteiger partial charge is 0.510 e. The second-order valence-electron chi connectivity index (χ2n) is 10.5. The Morgan fingerprint density at radius 1 is 1.18 bits per heavy atom. The van der Waals surface area contributed by atoms with Gasteiger partial charge in [0.1, 0.15) is 22.8 Å². The smallest absolute Gasteiger partial charge is 0.255 e. The molecule has 0 aliphatic heterocycles. The van der Waals surface area contributed by atoms with Crippen LogP contribution in [0.25, 0.3) is 22.0 Å². The number of nitrogens with zero attached hydrogens (tertiary/aromatic N) is 2. The Morgan fingerprint density at radius 3 is 2.55 bits per heavy atom. The van der Waals surface area contributed by atoms with Gasteiger partial charge in [-0.2, -0.15) is 0 Å². The summed E-state index contributed by atoms with van der Waals surface area (Å²) >= 11 is 0. The van der Waals surface area contributed by atoms with Gasteiger partial charge in [0.05, 0.1) is 18.2 Å². The van der Waals surface area contributed by atoms with Gasteiger partial charge >= 0.3 is 0 Å². The molecule has 0 bridgehead atoms. The molecule has 3 aliphatic carbocycles. The molecular weight excluding hydrogens is 514 g/mol. The van der Waals surface area contributed by atoms with Gasteiger partial charge in [0.2, 0.25) is 5.78 Å². The van der Waals surface area contributed by atoms with E-state index in [4.69, 9.17) is 12.3 Å². The zero-order valence-electron chi connectivity index (χ0n) is 21.8. The van der Waals surface area contributed by atoms with E-state index in [0.717, 1.165) is 11.1 Å². The lowest BCUT2D eigenvalue weighted by atomic mass is 9.58. The van der Waals surface area contributed by atoms with Crippen molar-refractivity contribution >= 4 is 23.5 Å². The first-order chi connectivity index (χ1) is 18.9. The topological polar surface area (TPSA) is 166 Å². The number of likely N-dealkylation sites (N-methyl/N-ethyl adjacent to an activating group) is 1. The number of fused-ring (bicyclic) bond motifs is 3. The number of aliphatic hydroxyl groups is 3. The molecule has 0 spiro atoms. The van der Waals surface area contributed by atoms with E-state index in [0.29, 0.717) is 11.1 Å². The first-order valence-electron chi connectivity index (χ1n) is 12.6. The highest BCUT2D eigenvalue weighted by Crippen LogP contribution is 2.53. The molecule has 0 heterocycles. The zero-order valence-corrected chi connectivity index (χ0v) is 21.8. The number of amides is 1. The van der Waals surface area contributed by atoms with Crippen molar-refractivity contribution in [1.29, 1.82) is 0 Å². The first kappa shape index (κ1) is 26.9. The maximum atomic E-state index is 13.9. The Kier molecular flexibility index (Phi) is 6.37. The van der Waals surface area contributed by atoms with Crippen LogP contribution in [0.3, 0.4) is 0 Å². The van der Waals surface area contributed by atoms with Crippen molar-refractivity contribution in [1.82, 2.24) is 4.90 Å². The summed E-state index contributed by atoms with van der Waals surface area (Å²) in [5.41, 5.74) is 4.29. The van der Waals surface area contributed by atoms with Crippen molar-refractivity contribution in [3.63, 3.8) is 0 Å². The molecule has 0 aromatic heterocycles. The number of Topliss-reactive ketones (excluding diaryl/α,β-unsaturated/α-hetero) is 2. The van der Waals surface area contributed by atoms with Crippen molar-refractivity contribution in [2.75, 3.05) is 14.1 Å². The number of hydrogen-bond donors (Lipinski definition) is 5. The maximum absolute atomic E-state index is 13.9. The third-order valence-corrected chi connectivity index (χ3v) is 8.15. The fourth-order valence-electron chi connectivity index (χ4n) is 6.45. The summed E-state index contributed by atoms with van der Waals surface area (Å²) < 4.78 is 0. The molecule has 0 unspecified atom stereocenters. The molecular formula is C30H27N3O7. The number of phenolic OH excluding ortho intramolecular Hbond substituents is 1. The summed E-state index contributed by atoms with van der Waals surface area (Å²) in [4.78, 5) is 44.1. The van der Waals surface area contributed by atoms with E-state index in [1.807, 2.05) is 24.3 Å². The Balaban J connectivity index is 1.70. The summed E-state index contributed by atoms with van der Waals surface area (Å²) in [7, 11) is 3.16. The molecule has 1 amide bonds. The van der Waals surface area contributed by atoms with Gasteiger partial charge in [-0.25, -0.2) is 4.85 Å². The highest BCUT2D eigenvalue weighted by atomic mass is 16.3. The summed E-state index contributed by atoms with van der Waals surface area (Å²) in [6.45, 7) is 6.98. The van der Waals surface area contributed by atoms with Crippen molar-refractivity contribution in [3.8, 4) is 16.9 Å². The van der Waals surface area contributed by atoms with E-state index in [2.05, 4.69) is 4.85 Å². The quantitative estimate of drug-likeness (QED) is 0.291. The number of allylic oxidation sites excluding steroid dienone is 1. The second kappa shape index (κ2) is 9.48. The number of phenols is 1. The number of benzene rings is 2. The van der Waals surface area contributed by atoms with Crippen molar-refractivity contribution < 1.29 is 34.8 Å². The number of rotatable bonds is 4. The Labute approximate surface area is 229 Å². The average Bonchev–Trinajstić information content (AvgIpc) is 2.89. The fraction of sp³-hybridized carbons (Fsp3) is 0.267. The molecule has 40 heavy (non-hydrogen) atoms. The van der Waals surface area contributed by atoms with Gasteiger partial charge in [0.25, 0.3) is 5.91 Å². The van der Waals surface area contributed by atoms with Crippen molar-refractivity contribution in [3.05, 3.63) is 93.4 Å². The van der Waals surface area contributed by atoms with Crippen LogP contribution in [0.5, 0.6) is 5.75 Å². The van der Waals surface area contributed by atoms with Crippen molar-refractivity contribution in [2.45, 2.75) is 24.5 Å². The molecule has 5 rings (SSSR count). The van der Waals surface area contributed by atoms with Crippen LogP contribution in [0.15, 0.2) is 65.3 Å². The third kappa shape index (κ3) is 3.74. The molecule has 204 valence electrons. The van der Waals surface area contributed by atoms with Crippen LogP contribution in [0, 0.1) is 18.4 Å². The molecule has 2 aromatic carbocycles. The lowest BCUT2D eigenvalue weighted by Crippen LogP contribution is -2.63. The lowest BCUT2D eigenvalue weighted by molar-refractivity contribution is -0.148. The van der Waals surface area contributed by atoms with Gasteiger partial charge in [-0.05, 0) is 67.2 Å². The monoisotopic (exact) mass is 541 g/mol. The van der Waals surface area contributed by atoms with E-state index >= 15 is 0 Å². The van der Waals surface area contributed by atoms with Crippen LogP contribution >= 0.6 is 0 Å². The molecule has 3 aliphatic rings. The van der Waals surface area contributed by atoms with E-state index in [1.165, 1.54) is 17.2 Å². The Hall–Kier alpha value is -4.72. The average molecular weight is 542 g/mol.